The van der Waals surface area contributed by atoms with Gasteiger partial charge in [-0.15, -0.1) is 0 Å². The van der Waals surface area contributed by atoms with E-state index in [-0.39, 0.29) is 0 Å². The zero-order valence-electron chi connectivity index (χ0n) is 53.8. The summed E-state index contributed by atoms with van der Waals surface area (Å²) in [5.74, 6) is 4.03. The number of para-hydroxylation sites is 2. The van der Waals surface area contributed by atoms with Crippen molar-refractivity contribution in [1.82, 2.24) is 39.5 Å². The predicted octanol–water partition coefficient (Wildman–Crippen LogP) is 23.1. The molecule has 0 amide bonds. The van der Waals surface area contributed by atoms with Crippen LogP contribution in [-0.4, -0.2) is 39.5 Å². The van der Waals surface area contributed by atoms with Crippen LogP contribution in [0.1, 0.15) is 0 Å². The molecule has 0 spiro atoms. The van der Waals surface area contributed by atoms with E-state index in [1.54, 1.807) is 0 Å². The highest BCUT2D eigenvalue weighted by Gasteiger charge is 2.24. The van der Waals surface area contributed by atoms with E-state index in [1.807, 2.05) is 84.9 Å². The van der Waals surface area contributed by atoms with Crippen molar-refractivity contribution in [3.63, 3.8) is 0 Å². The van der Waals surface area contributed by atoms with Gasteiger partial charge in [-0.1, -0.05) is 291 Å². The number of hydrogen-bond acceptors (Lipinski definition) is 8. The molecule has 0 bridgehead atoms. The fraction of sp³-hybridized carbons (Fsp3) is 0. The summed E-state index contributed by atoms with van der Waals surface area (Å²) >= 11 is 0. The Morgan fingerprint density at radius 3 is 1.27 bits per heavy atom. The lowest BCUT2D eigenvalue weighted by Crippen LogP contribution is -2.02. The van der Waals surface area contributed by atoms with Crippen molar-refractivity contribution in [1.29, 1.82) is 0 Å². The lowest BCUT2D eigenvalue weighted by atomic mass is 9.89. The maximum Gasteiger partial charge on any atom is 0.227 e. The highest BCUT2D eigenvalue weighted by Crippen LogP contribution is 2.45. The number of fused-ring (bicyclic) bond motifs is 7. The summed E-state index contributed by atoms with van der Waals surface area (Å²) in [6, 6.07) is 119. The molecule has 0 radical (unpaired) electrons. The second kappa shape index (κ2) is 24.2. The van der Waals surface area contributed by atoms with E-state index in [4.69, 9.17) is 39.3 Å². The first-order valence-electron chi connectivity index (χ1n) is 33.5. The van der Waals surface area contributed by atoms with Gasteiger partial charge in [0.05, 0.1) is 11.0 Å². The Balaban J connectivity index is 0.680. The second-order valence-electron chi connectivity index (χ2n) is 25.1. The molecule has 0 aliphatic rings. The van der Waals surface area contributed by atoms with Gasteiger partial charge < -0.3 is 8.98 Å². The normalized spacial score (nSPS) is 11.6. The molecule has 0 aliphatic carbocycles. The molecule has 15 aromatic carbocycles. The summed E-state index contributed by atoms with van der Waals surface area (Å²) in [5, 5.41) is 8.74. The molecule has 100 heavy (non-hydrogen) atoms. The molecule has 19 aromatic rings. The highest BCUT2D eigenvalue weighted by molar-refractivity contribution is 6.12. The number of hydrogen-bond donors (Lipinski definition) is 0. The molecule has 4 heterocycles. The van der Waals surface area contributed by atoms with E-state index < -0.39 is 0 Å². The predicted molar refractivity (Wildman–Crippen MR) is 407 cm³/mol. The molecule has 0 atom stereocenters. The fourth-order valence-corrected chi connectivity index (χ4v) is 14.4. The average Bonchev–Trinajstić information content (AvgIpc) is 1.10. The summed E-state index contributed by atoms with van der Waals surface area (Å²) in [6.45, 7) is 0. The number of benzene rings is 15. The van der Waals surface area contributed by atoms with E-state index in [9.17, 15) is 0 Å². The molecule has 0 saturated heterocycles. The maximum absolute atomic E-state index is 6.86. The minimum absolute atomic E-state index is 0.524. The van der Waals surface area contributed by atoms with Crippen molar-refractivity contribution < 1.29 is 4.42 Å². The smallest absolute Gasteiger partial charge is 0.227 e. The van der Waals surface area contributed by atoms with E-state index in [0.717, 1.165) is 132 Å². The summed E-state index contributed by atoms with van der Waals surface area (Å²) in [7, 11) is 0. The Labute approximate surface area is 575 Å². The Kier molecular flexibility index (Phi) is 14.0. The number of aromatic nitrogens is 8. The van der Waals surface area contributed by atoms with Crippen molar-refractivity contribution in [2.45, 2.75) is 0 Å². The third-order valence-electron chi connectivity index (χ3n) is 19.2. The minimum atomic E-state index is 0.524. The van der Waals surface area contributed by atoms with E-state index >= 15 is 0 Å². The lowest BCUT2D eigenvalue weighted by Gasteiger charge is -2.17. The Morgan fingerprint density at radius 2 is 0.640 bits per heavy atom. The van der Waals surface area contributed by atoms with Crippen molar-refractivity contribution in [2.75, 3.05) is 0 Å². The van der Waals surface area contributed by atoms with E-state index in [1.165, 1.54) is 16.3 Å². The fourth-order valence-electron chi connectivity index (χ4n) is 14.4. The number of nitrogens with zero attached hydrogens (tertiary/aromatic N) is 8. The SMILES string of the molecule is c1ccc(-c2nc(-c3cccc(-c4ccc5nc(-c6ccc(-c7ccc8ccccc8c7-c7nc(-c8ccccc8)nc(-c8ccccc8)n7)c7ccccc67)oc5c4)c3)nc(-c3c(-c4ccc(-c5ccc6c7ccccc7n(-c7ccccc7)c6c5)cc4)ccc4ccccc34)n2)cc1. The third-order valence-corrected chi connectivity index (χ3v) is 19.2. The molecule has 0 fully saturated rings. The van der Waals surface area contributed by atoms with Gasteiger partial charge in [-0.2, -0.15) is 0 Å². The van der Waals surface area contributed by atoms with Gasteiger partial charge in [0, 0.05) is 55.4 Å². The molecule has 0 N–H and O–H groups in total. The van der Waals surface area contributed by atoms with Crippen LogP contribution in [0.5, 0.6) is 0 Å². The summed E-state index contributed by atoms with van der Waals surface area (Å²) in [5.41, 5.74) is 19.5. The monoisotopic (exact) mass is 1280 g/mol. The first kappa shape index (κ1) is 57.8. The largest absolute Gasteiger partial charge is 0.436 e. The summed E-state index contributed by atoms with van der Waals surface area (Å²) in [4.78, 5) is 36.8. The molecule has 0 unspecified atom stereocenters. The maximum atomic E-state index is 6.86. The van der Waals surface area contributed by atoms with Crippen LogP contribution in [0.4, 0.5) is 0 Å². The molecular formula is C91H56N8O. The third kappa shape index (κ3) is 10.2. The zero-order valence-corrected chi connectivity index (χ0v) is 53.8. The molecule has 4 aromatic heterocycles. The van der Waals surface area contributed by atoms with Crippen LogP contribution in [0.15, 0.2) is 344 Å². The summed E-state index contributed by atoms with van der Waals surface area (Å²) < 4.78 is 9.23. The van der Waals surface area contributed by atoms with Gasteiger partial charge >= 0.3 is 0 Å². The average molecular weight is 1280 g/mol. The van der Waals surface area contributed by atoms with Crippen LogP contribution in [0.3, 0.4) is 0 Å². The van der Waals surface area contributed by atoms with Crippen molar-refractivity contribution in [3.05, 3.63) is 340 Å². The Morgan fingerprint density at radius 1 is 0.220 bits per heavy atom. The van der Waals surface area contributed by atoms with Gasteiger partial charge in [0.1, 0.15) is 5.52 Å². The van der Waals surface area contributed by atoms with E-state index in [0.29, 0.717) is 46.4 Å². The highest BCUT2D eigenvalue weighted by atomic mass is 16.3. The van der Waals surface area contributed by atoms with Crippen molar-refractivity contribution >= 4 is 65.2 Å². The van der Waals surface area contributed by atoms with Gasteiger partial charge in [0.25, 0.3) is 0 Å². The number of rotatable bonds is 12. The van der Waals surface area contributed by atoms with Crippen molar-refractivity contribution in [2.24, 2.45) is 0 Å². The quantitative estimate of drug-likeness (QED) is 0.119. The van der Waals surface area contributed by atoms with Gasteiger partial charge in [0.2, 0.25) is 5.89 Å². The van der Waals surface area contributed by atoms with Gasteiger partial charge in [-0.05, 0) is 125 Å². The van der Waals surface area contributed by atoms with Gasteiger partial charge in [0.15, 0.2) is 40.5 Å². The van der Waals surface area contributed by atoms with Crippen LogP contribution in [-0.2, 0) is 0 Å². The van der Waals surface area contributed by atoms with Crippen LogP contribution in [0.25, 0.3) is 195 Å². The lowest BCUT2D eigenvalue weighted by molar-refractivity contribution is 0.621. The van der Waals surface area contributed by atoms with Crippen LogP contribution >= 0.6 is 0 Å². The molecule has 0 saturated carbocycles. The minimum Gasteiger partial charge on any atom is -0.436 e. The molecule has 19 rings (SSSR count). The Hall–Kier alpha value is -13.6. The zero-order chi connectivity index (χ0) is 66.0. The van der Waals surface area contributed by atoms with Crippen LogP contribution in [0, 0.1) is 0 Å². The van der Waals surface area contributed by atoms with E-state index in [2.05, 4.69) is 259 Å². The summed E-state index contributed by atoms with van der Waals surface area (Å²) in [6.07, 6.45) is 0. The topological polar surface area (TPSA) is 108 Å². The molecule has 9 nitrogen and oxygen atoms in total. The Bertz CT molecular complexity index is 6330. The standard InChI is InChI=1S/C91H56N8O/c1-5-24-61(25-6-1)85-93-86(62-26-7-2-8-27-62)97-90(96-85)84-70-35-16-14-23-59(70)45-50-77(84)74-51-52-78(73-37-18-17-36-72(73)74)91-92-79-53-47-66(56-82(79)100-91)64-30-21-31-67(54-64)88-94-87(63-28-9-3-10-29-63)95-89(98-88)83-69-34-15-13-22-58(69)44-48-71(83)60-42-40-57(41-43-60)65-46-49-76-75-38-19-20-39-80(75)99(81(76)55-65)68-32-11-4-12-33-68/h1-56H. The van der Waals surface area contributed by atoms with Gasteiger partial charge in [-0.25, -0.2) is 34.9 Å². The number of oxazole rings is 1. The van der Waals surface area contributed by atoms with Crippen LogP contribution in [0.2, 0.25) is 0 Å². The molecule has 466 valence electrons. The first-order chi connectivity index (χ1) is 49.5. The molecule has 9 heteroatoms. The second-order valence-corrected chi connectivity index (χ2v) is 25.1. The molecule has 0 aliphatic heterocycles. The van der Waals surface area contributed by atoms with Crippen LogP contribution < -0.4 is 0 Å². The first-order valence-corrected chi connectivity index (χ1v) is 33.5. The van der Waals surface area contributed by atoms with Gasteiger partial charge in [-0.3, -0.25) is 0 Å². The molecular weight excluding hydrogens is 1220 g/mol. The van der Waals surface area contributed by atoms with Crippen molar-refractivity contribution in [3.8, 4) is 130 Å².